The molecule has 2 aromatic rings. The van der Waals surface area contributed by atoms with Gasteiger partial charge in [0.25, 0.3) is 0 Å². The van der Waals surface area contributed by atoms with Crippen LogP contribution in [0, 0.1) is 11.7 Å². The number of hydrogen-bond acceptors (Lipinski definition) is 5. The van der Waals surface area contributed by atoms with E-state index in [0.717, 1.165) is 38.1 Å². The number of ether oxygens (including phenoxy) is 1. The number of fused-ring (bicyclic) bond motifs is 1. The molecule has 0 bridgehead atoms. The molecule has 1 unspecified atom stereocenters. The topological polar surface area (TPSA) is 89.3 Å². The number of carbonyl (C=O) groups is 2. The summed E-state index contributed by atoms with van der Waals surface area (Å²) in [5.41, 5.74) is 0.222. The maximum atomic E-state index is 14.6. The fourth-order valence-corrected chi connectivity index (χ4v) is 4.38. The largest absolute Gasteiger partial charge is 0.444 e. The second kappa shape index (κ2) is 9.49. The molecule has 0 radical (unpaired) electrons. The summed E-state index contributed by atoms with van der Waals surface area (Å²) in [6.45, 7) is 7.05. The Kier molecular flexibility index (Phi) is 6.67. The normalized spacial score (nSPS) is 18.9. The van der Waals surface area contributed by atoms with Crippen molar-refractivity contribution >= 4 is 17.7 Å². The third-order valence-electron chi connectivity index (χ3n) is 6.04. The van der Waals surface area contributed by atoms with E-state index in [1.165, 1.54) is 6.07 Å². The molecule has 2 aliphatic heterocycles. The molecule has 0 saturated carbocycles. The van der Waals surface area contributed by atoms with Crippen LogP contribution in [0.1, 0.15) is 58.7 Å². The van der Waals surface area contributed by atoms with Gasteiger partial charge in [-0.05, 0) is 64.7 Å². The molecule has 33 heavy (non-hydrogen) atoms. The zero-order valence-electron chi connectivity index (χ0n) is 19.6. The first kappa shape index (κ1) is 23.2. The summed E-state index contributed by atoms with van der Waals surface area (Å²) in [7, 11) is 0. The van der Waals surface area contributed by atoms with Gasteiger partial charge in [0.15, 0.2) is 5.82 Å². The van der Waals surface area contributed by atoms with Crippen LogP contribution >= 0.6 is 0 Å². The van der Waals surface area contributed by atoms with E-state index in [-0.39, 0.29) is 18.1 Å². The summed E-state index contributed by atoms with van der Waals surface area (Å²) < 4.78 is 22.1. The Bertz CT molecular complexity index is 1030. The molecule has 1 aromatic carbocycles. The lowest BCUT2D eigenvalue weighted by Gasteiger charge is -2.33. The maximum absolute atomic E-state index is 14.6. The van der Waals surface area contributed by atoms with E-state index in [9.17, 15) is 14.0 Å². The SMILES string of the molecule is CC(C)(C)OC(=O)N1CCCC(C(=O)Nc2cc(-c3nnc4n3CCCCC4)ccc2F)C1. The van der Waals surface area contributed by atoms with Gasteiger partial charge in [-0.1, -0.05) is 6.42 Å². The number of anilines is 1. The number of likely N-dealkylation sites (tertiary alicyclic amines) is 1. The van der Waals surface area contributed by atoms with Gasteiger partial charge in [0.2, 0.25) is 5.91 Å². The van der Waals surface area contributed by atoms with Crippen molar-refractivity contribution in [2.24, 2.45) is 5.92 Å². The van der Waals surface area contributed by atoms with E-state index < -0.39 is 23.4 Å². The van der Waals surface area contributed by atoms with Crippen molar-refractivity contribution in [1.29, 1.82) is 0 Å². The third-order valence-corrected chi connectivity index (χ3v) is 6.04. The van der Waals surface area contributed by atoms with Crippen molar-refractivity contribution < 1.29 is 18.7 Å². The van der Waals surface area contributed by atoms with Gasteiger partial charge in [0.1, 0.15) is 17.2 Å². The molecule has 4 rings (SSSR count). The second-order valence-corrected chi connectivity index (χ2v) is 9.85. The fourth-order valence-electron chi connectivity index (χ4n) is 4.38. The summed E-state index contributed by atoms with van der Waals surface area (Å²) in [6.07, 6.45) is 5.06. The van der Waals surface area contributed by atoms with Crippen LogP contribution in [0.15, 0.2) is 18.2 Å². The zero-order chi connectivity index (χ0) is 23.6. The van der Waals surface area contributed by atoms with Crippen LogP contribution in [-0.2, 0) is 22.5 Å². The van der Waals surface area contributed by atoms with E-state index in [0.29, 0.717) is 30.8 Å². The quantitative estimate of drug-likeness (QED) is 0.738. The van der Waals surface area contributed by atoms with Crippen LogP contribution < -0.4 is 5.32 Å². The second-order valence-electron chi connectivity index (χ2n) is 9.85. The van der Waals surface area contributed by atoms with Gasteiger partial charge < -0.3 is 19.5 Å². The highest BCUT2D eigenvalue weighted by molar-refractivity contribution is 5.93. The van der Waals surface area contributed by atoms with Crippen LogP contribution in [0.4, 0.5) is 14.9 Å². The summed E-state index contributed by atoms with van der Waals surface area (Å²) >= 11 is 0. The molecule has 1 N–H and O–H groups in total. The third kappa shape index (κ3) is 5.51. The molecule has 1 aromatic heterocycles. The predicted octanol–water partition coefficient (Wildman–Crippen LogP) is 4.40. The Balaban J connectivity index is 1.47. The first-order valence-corrected chi connectivity index (χ1v) is 11.7. The number of benzene rings is 1. The number of nitrogens with one attached hydrogen (secondary N) is 1. The Hall–Kier alpha value is -2.97. The van der Waals surface area contributed by atoms with Crippen molar-refractivity contribution in [2.45, 2.75) is 71.4 Å². The van der Waals surface area contributed by atoms with Gasteiger partial charge in [0, 0.05) is 31.6 Å². The Morgan fingerprint density at radius 2 is 1.94 bits per heavy atom. The molecule has 3 heterocycles. The number of amides is 2. The number of aromatic nitrogens is 3. The Morgan fingerprint density at radius 1 is 1.12 bits per heavy atom. The standard InChI is InChI=1S/C24H32FN5O3/c1-24(2,3)33-23(32)29-12-7-8-17(15-29)22(31)26-19-14-16(10-11-18(19)25)21-28-27-20-9-5-4-6-13-30(20)21/h10-11,14,17H,4-9,12-13,15H2,1-3H3,(H,26,31). The summed E-state index contributed by atoms with van der Waals surface area (Å²) in [6, 6.07) is 4.62. The van der Waals surface area contributed by atoms with Crippen molar-refractivity contribution in [2.75, 3.05) is 18.4 Å². The van der Waals surface area contributed by atoms with Gasteiger partial charge in [-0.25, -0.2) is 9.18 Å². The number of aryl methyl sites for hydroxylation is 1. The maximum Gasteiger partial charge on any atom is 0.410 e. The van der Waals surface area contributed by atoms with Crippen LogP contribution in [0.25, 0.3) is 11.4 Å². The molecular formula is C24H32FN5O3. The highest BCUT2D eigenvalue weighted by Crippen LogP contribution is 2.28. The van der Waals surface area contributed by atoms with Crippen molar-refractivity contribution in [3.8, 4) is 11.4 Å². The van der Waals surface area contributed by atoms with Crippen LogP contribution in [0.2, 0.25) is 0 Å². The lowest BCUT2D eigenvalue weighted by molar-refractivity contribution is -0.121. The molecule has 0 aliphatic carbocycles. The number of nitrogens with zero attached hydrogens (tertiary/aromatic N) is 4. The van der Waals surface area contributed by atoms with Gasteiger partial charge >= 0.3 is 6.09 Å². The molecule has 9 heteroatoms. The predicted molar refractivity (Wildman–Crippen MR) is 122 cm³/mol. The number of piperidine rings is 1. The van der Waals surface area contributed by atoms with E-state index >= 15 is 0 Å². The lowest BCUT2D eigenvalue weighted by Crippen LogP contribution is -2.45. The summed E-state index contributed by atoms with van der Waals surface area (Å²) in [4.78, 5) is 26.9. The van der Waals surface area contributed by atoms with Crippen molar-refractivity contribution in [3.63, 3.8) is 0 Å². The first-order chi connectivity index (χ1) is 15.7. The molecule has 1 fully saturated rings. The highest BCUT2D eigenvalue weighted by Gasteiger charge is 2.31. The fraction of sp³-hybridized carbons (Fsp3) is 0.583. The Labute approximate surface area is 193 Å². The smallest absolute Gasteiger partial charge is 0.410 e. The summed E-state index contributed by atoms with van der Waals surface area (Å²) in [5.74, 6) is 0.388. The lowest BCUT2D eigenvalue weighted by atomic mass is 9.97. The minimum absolute atomic E-state index is 0.109. The minimum atomic E-state index is -0.601. The van der Waals surface area contributed by atoms with Crippen LogP contribution in [0.5, 0.6) is 0 Å². The van der Waals surface area contributed by atoms with Gasteiger partial charge in [-0.2, -0.15) is 0 Å². The molecule has 8 nitrogen and oxygen atoms in total. The van der Waals surface area contributed by atoms with Crippen LogP contribution in [-0.4, -0.2) is 50.4 Å². The van der Waals surface area contributed by atoms with Crippen LogP contribution in [0.3, 0.4) is 0 Å². The number of carbonyl (C=O) groups excluding carboxylic acids is 2. The minimum Gasteiger partial charge on any atom is -0.444 e. The molecule has 1 saturated heterocycles. The van der Waals surface area contributed by atoms with E-state index in [1.54, 1.807) is 17.0 Å². The van der Waals surface area contributed by atoms with Gasteiger partial charge in [-0.3, -0.25) is 4.79 Å². The van der Waals surface area contributed by atoms with E-state index in [1.807, 2.05) is 20.8 Å². The average Bonchev–Trinajstić information content (AvgIpc) is 3.02. The highest BCUT2D eigenvalue weighted by atomic mass is 19.1. The Morgan fingerprint density at radius 3 is 2.73 bits per heavy atom. The number of halogens is 1. The van der Waals surface area contributed by atoms with Crippen molar-refractivity contribution in [3.05, 3.63) is 29.8 Å². The van der Waals surface area contributed by atoms with E-state index in [4.69, 9.17) is 4.74 Å². The monoisotopic (exact) mass is 457 g/mol. The molecule has 2 aliphatic rings. The summed E-state index contributed by atoms with van der Waals surface area (Å²) in [5, 5.41) is 11.4. The molecule has 1 atom stereocenters. The zero-order valence-corrected chi connectivity index (χ0v) is 19.6. The van der Waals surface area contributed by atoms with Gasteiger partial charge in [-0.15, -0.1) is 10.2 Å². The van der Waals surface area contributed by atoms with E-state index in [2.05, 4.69) is 20.1 Å². The average molecular weight is 458 g/mol. The number of rotatable bonds is 3. The first-order valence-electron chi connectivity index (χ1n) is 11.7. The number of hydrogen-bond donors (Lipinski definition) is 1. The van der Waals surface area contributed by atoms with Crippen molar-refractivity contribution in [1.82, 2.24) is 19.7 Å². The molecule has 2 amide bonds. The van der Waals surface area contributed by atoms with Gasteiger partial charge in [0.05, 0.1) is 11.6 Å². The molecule has 0 spiro atoms. The molecule has 178 valence electrons. The molecular weight excluding hydrogens is 425 g/mol.